The van der Waals surface area contributed by atoms with Crippen LogP contribution in [0, 0.1) is 5.82 Å². The highest BCUT2D eigenvalue weighted by Crippen LogP contribution is 2.52. The molecule has 33 heavy (non-hydrogen) atoms. The largest absolute Gasteiger partial charge is 0.467 e. The molecule has 0 fully saturated rings. The summed E-state index contributed by atoms with van der Waals surface area (Å²) in [6, 6.07) is 7.54. The molecular weight excluding hydrogens is 462 g/mol. The molecule has 11 nitrogen and oxygen atoms in total. The van der Waals surface area contributed by atoms with Crippen LogP contribution in [0.4, 0.5) is 4.39 Å². The third kappa shape index (κ3) is 6.11. The van der Waals surface area contributed by atoms with E-state index in [2.05, 4.69) is 4.74 Å². The van der Waals surface area contributed by atoms with E-state index in [1.54, 1.807) is 18.2 Å². The topological polar surface area (TPSA) is 132 Å². The summed E-state index contributed by atoms with van der Waals surface area (Å²) >= 11 is 0. The van der Waals surface area contributed by atoms with Crippen LogP contribution < -0.4 is 11.2 Å². The number of carbonyl (C=O) groups is 2. The van der Waals surface area contributed by atoms with Gasteiger partial charge in [-0.15, -0.1) is 0 Å². The molecule has 0 amide bonds. The number of benzene rings is 1. The molecule has 0 aliphatic carbocycles. The van der Waals surface area contributed by atoms with Crippen LogP contribution in [0.5, 0.6) is 0 Å². The van der Waals surface area contributed by atoms with Crippen molar-refractivity contribution in [1.82, 2.24) is 9.13 Å². The molecular formula is C20H24FN2O9P. The van der Waals surface area contributed by atoms with E-state index in [0.29, 0.717) is 0 Å². The fourth-order valence-electron chi connectivity index (χ4n) is 2.85. The summed E-state index contributed by atoms with van der Waals surface area (Å²) in [5.41, 5.74) is -2.28. The van der Waals surface area contributed by atoms with E-state index in [9.17, 15) is 28.1 Å². The molecule has 180 valence electrons. The van der Waals surface area contributed by atoms with Gasteiger partial charge in [0.15, 0.2) is 0 Å². The van der Waals surface area contributed by atoms with Crippen molar-refractivity contribution in [3.05, 3.63) is 68.7 Å². The quantitative estimate of drug-likeness (QED) is 0.264. The Hall–Kier alpha value is -2.92. The Labute approximate surface area is 188 Å². The molecule has 0 aliphatic heterocycles. The monoisotopic (exact) mass is 486 g/mol. The van der Waals surface area contributed by atoms with Gasteiger partial charge in [0.1, 0.15) is 0 Å². The van der Waals surface area contributed by atoms with E-state index in [1.807, 2.05) is 0 Å². The van der Waals surface area contributed by atoms with Gasteiger partial charge in [0, 0.05) is 32.9 Å². The van der Waals surface area contributed by atoms with Crippen LogP contribution in [0.3, 0.4) is 0 Å². The van der Waals surface area contributed by atoms with Gasteiger partial charge in [0.25, 0.3) is 17.3 Å². The second kappa shape index (κ2) is 11.8. The van der Waals surface area contributed by atoms with Gasteiger partial charge in [-0.3, -0.25) is 18.7 Å². The Bertz CT molecular complexity index is 1140. The van der Waals surface area contributed by atoms with Gasteiger partial charge in [-0.1, -0.05) is 18.2 Å². The standard InChI is InChI=1S/C20H24FN2O9P/c1-29-18(26)19(33(28,30-2)31-3)32-12-8-7-11-22-13-15(21)17(25)23(20(22)27)16(24)14-9-5-4-6-10-14/h4-6,9-10,13,19H,7-8,11-12H2,1-3H3. The Morgan fingerprint density at radius 3 is 2.27 bits per heavy atom. The number of carbonyl (C=O) groups excluding carboxylic acids is 2. The van der Waals surface area contributed by atoms with E-state index in [1.165, 1.54) is 12.1 Å². The molecule has 0 bridgehead atoms. The lowest BCUT2D eigenvalue weighted by Crippen LogP contribution is -2.45. The molecule has 1 atom stereocenters. The Morgan fingerprint density at radius 2 is 1.70 bits per heavy atom. The predicted octanol–water partition coefficient (Wildman–Crippen LogP) is 1.62. The Morgan fingerprint density at radius 1 is 1.06 bits per heavy atom. The first-order chi connectivity index (χ1) is 15.7. The molecule has 1 aromatic carbocycles. The number of halogens is 1. The molecule has 2 rings (SSSR count). The number of unbranched alkanes of at least 4 members (excludes halogenated alkanes) is 1. The molecule has 0 spiro atoms. The van der Waals surface area contributed by atoms with Gasteiger partial charge >= 0.3 is 19.3 Å². The molecule has 0 aliphatic rings. The molecule has 0 N–H and O–H groups in total. The highest BCUT2D eigenvalue weighted by molar-refractivity contribution is 7.55. The second-order valence-electron chi connectivity index (χ2n) is 6.62. The van der Waals surface area contributed by atoms with Crippen LogP contribution in [0.25, 0.3) is 0 Å². The lowest BCUT2D eigenvalue weighted by atomic mass is 10.2. The highest BCUT2D eigenvalue weighted by Gasteiger charge is 2.42. The van der Waals surface area contributed by atoms with Crippen molar-refractivity contribution in [1.29, 1.82) is 0 Å². The number of ether oxygens (including phenoxy) is 2. The zero-order chi connectivity index (χ0) is 24.6. The number of aryl methyl sites for hydroxylation is 1. The first-order valence-corrected chi connectivity index (χ1v) is 11.3. The zero-order valence-electron chi connectivity index (χ0n) is 18.3. The van der Waals surface area contributed by atoms with E-state index in [0.717, 1.165) is 32.1 Å². The summed E-state index contributed by atoms with van der Waals surface area (Å²) in [5.74, 6) is -4.77. The van der Waals surface area contributed by atoms with Crippen LogP contribution in [0.1, 0.15) is 23.2 Å². The number of nitrogens with zero attached hydrogens (tertiary/aromatic N) is 2. The Kier molecular flexibility index (Phi) is 9.42. The summed E-state index contributed by atoms with van der Waals surface area (Å²) in [7, 11) is -0.643. The van der Waals surface area contributed by atoms with Crippen LogP contribution in [-0.4, -0.2) is 54.8 Å². The van der Waals surface area contributed by atoms with Gasteiger partial charge in [-0.05, 0) is 25.0 Å². The first kappa shape index (κ1) is 26.3. The summed E-state index contributed by atoms with van der Waals surface area (Å²) in [5, 5.41) is 0. The van der Waals surface area contributed by atoms with E-state index >= 15 is 0 Å². The average Bonchev–Trinajstić information content (AvgIpc) is 2.84. The summed E-state index contributed by atoms with van der Waals surface area (Å²) < 4.78 is 47.1. The fourth-order valence-corrected chi connectivity index (χ4v) is 4.04. The fraction of sp³-hybridized carbons (Fsp3) is 0.400. The molecule has 0 saturated heterocycles. The smallest absolute Gasteiger partial charge is 0.370 e. The number of aromatic nitrogens is 2. The number of hydrogen-bond donors (Lipinski definition) is 0. The first-order valence-electron chi connectivity index (χ1n) is 9.72. The molecule has 0 radical (unpaired) electrons. The van der Waals surface area contributed by atoms with E-state index in [-0.39, 0.29) is 36.1 Å². The molecule has 1 unspecified atom stereocenters. The Balaban J connectivity index is 2.10. The van der Waals surface area contributed by atoms with Gasteiger partial charge in [-0.25, -0.2) is 9.59 Å². The van der Waals surface area contributed by atoms with Gasteiger partial charge < -0.3 is 18.5 Å². The minimum Gasteiger partial charge on any atom is -0.467 e. The number of rotatable bonds is 11. The molecule has 1 aromatic heterocycles. The number of hydrogen-bond acceptors (Lipinski definition) is 9. The second-order valence-corrected chi connectivity index (χ2v) is 8.90. The summed E-state index contributed by atoms with van der Waals surface area (Å²) in [6.45, 7) is -0.160. The maximum Gasteiger partial charge on any atom is 0.370 e. The zero-order valence-corrected chi connectivity index (χ0v) is 19.2. The van der Waals surface area contributed by atoms with Crippen LogP contribution in [0.15, 0.2) is 46.1 Å². The van der Waals surface area contributed by atoms with Gasteiger partial charge in [-0.2, -0.15) is 8.96 Å². The SMILES string of the molecule is COC(=O)C(OCCCCn1cc(F)c(=O)n(C(=O)c2ccccc2)c1=O)P(=O)(OC)OC. The minimum absolute atomic E-state index is 0.0526. The lowest BCUT2D eigenvalue weighted by Gasteiger charge is -2.22. The average molecular weight is 486 g/mol. The summed E-state index contributed by atoms with van der Waals surface area (Å²) in [4.78, 5) is 49.2. The van der Waals surface area contributed by atoms with Crippen molar-refractivity contribution >= 4 is 19.5 Å². The maximum absolute atomic E-state index is 14.1. The minimum atomic E-state index is -3.91. The van der Waals surface area contributed by atoms with Gasteiger partial charge in [0.05, 0.1) is 13.3 Å². The molecule has 1 heterocycles. The number of methoxy groups -OCH3 is 1. The van der Waals surface area contributed by atoms with Crippen molar-refractivity contribution in [3.8, 4) is 0 Å². The van der Waals surface area contributed by atoms with E-state index < -0.39 is 42.4 Å². The van der Waals surface area contributed by atoms with Crippen molar-refractivity contribution in [2.75, 3.05) is 27.9 Å². The number of esters is 1. The molecule has 2 aromatic rings. The maximum atomic E-state index is 14.1. The highest BCUT2D eigenvalue weighted by atomic mass is 31.2. The van der Waals surface area contributed by atoms with E-state index in [4.69, 9.17) is 13.8 Å². The van der Waals surface area contributed by atoms with Crippen molar-refractivity contribution in [2.45, 2.75) is 25.2 Å². The van der Waals surface area contributed by atoms with Gasteiger partial charge in [0.2, 0.25) is 5.82 Å². The van der Waals surface area contributed by atoms with Crippen molar-refractivity contribution in [3.63, 3.8) is 0 Å². The van der Waals surface area contributed by atoms with Crippen LogP contribution in [0.2, 0.25) is 0 Å². The summed E-state index contributed by atoms with van der Waals surface area (Å²) in [6.07, 6.45) is 1.19. The van der Waals surface area contributed by atoms with Crippen molar-refractivity contribution < 1.29 is 37.1 Å². The predicted molar refractivity (Wildman–Crippen MR) is 114 cm³/mol. The third-order valence-electron chi connectivity index (χ3n) is 4.61. The van der Waals surface area contributed by atoms with Crippen LogP contribution in [-0.2, 0) is 34.4 Å². The van der Waals surface area contributed by atoms with Crippen molar-refractivity contribution in [2.24, 2.45) is 0 Å². The molecule has 0 saturated carbocycles. The normalized spacial score (nSPS) is 12.4. The lowest BCUT2D eigenvalue weighted by molar-refractivity contribution is -0.149. The third-order valence-corrected chi connectivity index (χ3v) is 6.56. The molecule has 13 heteroatoms. The van der Waals surface area contributed by atoms with Crippen LogP contribution >= 0.6 is 7.60 Å².